The number of benzene rings is 1. The minimum atomic E-state index is 0.886. The van der Waals surface area contributed by atoms with Crippen LogP contribution in [0.25, 0.3) is 10.6 Å². The van der Waals surface area contributed by atoms with Gasteiger partial charge >= 0.3 is 0 Å². The summed E-state index contributed by atoms with van der Waals surface area (Å²) in [5.41, 5.74) is 2.38. The average Bonchev–Trinajstić information content (AvgIpc) is 2.85. The highest BCUT2D eigenvalue weighted by molar-refractivity contribution is 7.13. The average molecular weight is 247 g/mol. The van der Waals surface area contributed by atoms with Crippen LogP contribution in [0, 0.1) is 0 Å². The third-order valence-electron chi connectivity index (χ3n) is 2.68. The van der Waals surface area contributed by atoms with Gasteiger partial charge in [-0.2, -0.15) is 0 Å². The predicted octanol–water partition coefficient (Wildman–Crippen LogP) is 4.16. The summed E-state index contributed by atoms with van der Waals surface area (Å²) in [5, 5.41) is 3.26. The maximum atomic E-state index is 5.15. The normalized spacial score (nSPS) is 10.5. The van der Waals surface area contributed by atoms with Crippen LogP contribution in [0.2, 0.25) is 0 Å². The zero-order valence-corrected chi connectivity index (χ0v) is 11.1. The molecule has 0 aliphatic heterocycles. The fourth-order valence-corrected chi connectivity index (χ4v) is 2.51. The lowest BCUT2D eigenvalue weighted by molar-refractivity contribution is 0.415. The molecule has 0 bridgehead atoms. The van der Waals surface area contributed by atoms with Crippen molar-refractivity contribution in [3.8, 4) is 16.3 Å². The third kappa shape index (κ3) is 3.07. The summed E-state index contributed by atoms with van der Waals surface area (Å²) in [4.78, 5) is 4.65. The Morgan fingerprint density at radius 3 is 2.65 bits per heavy atom. The number of rotatable bonds is 5. The Balaban J connectivity index is 2.12. The van der Waals surface area contributed by atoms with Crippen LogP contribution in [0.1, 0.15) is 25.5 Å². The topological polar surface area (TPSA) is 22.1 Å². The Morgan fingerprint density at radius 2 is 2.00 bits per heavy atom. The summed E-state index contributed by atoms with van der Waals surface area (Å²) in [7, 11) is 1.68. The molecule has 0 amide bonds. The molecule has 17 heavy (non-hydrogen) atoms. The molecule has 0 N–H and O–H groups in total. The molecule has 0 fully saturated rings. The van der Waals surface area contributed by atoms with Gasteiger partial charge in [-0.1, -0.05) is 13.3 Å². The fourth-order valence-electron chi connectivity index (χ4n) is 1.65. The largest absolute Gasteiger partial charge is 0.497 e. The van der Waals surface area contributed by atoms with Gasteiger partial charge in [-0.25, -0.2) is 4.98 Å². The molecule has 0 unspecified atom stereocenters. The van der Waals surface area contributed by atoms with E-state index in [1.54, 1.807) is 18.4 Å². The lowest BCUT2D eigenvalue weighted by atomic mass is 10.2. The van der Waals surface area contributed by atoms with Crippen molar-refractivity contribution in [1.29, 1.82) is 0 Å². The first-order chi connectivity index (χ1) is 8.33. The predicted molar refractivity (Wildman–Crippen MR) is 72.7 cm³/mol. The van der Waals surface area contributed by atoms with Gasteiger partial charge in [0, 0.05) is 10.9 Å². The molecule has 0 atom stereocenters. The van der Waals surface area contributed by atoms with Crippen molar-refractivity contribution >= 4 is 11.3 Å². The Labute approximate surface area is 106 Å². The Hall–Kier alpha value is -1.35. The number of aromatic nitrogens is 1. The zero-order chi connectivity index (χ0) is 12.1. The van der Waals surface area contributed by atoms with E-state index in [1.165, 1.54) is 24.1 Å². The summed E-state index contributed by atoms with van der Waals surface area (Å²) in [6.45, 7) is 2.21. The molecule has 2 aromatic rings. The number of thiazole rings is 1. The van der Waals surface area contributed by atoms with Crippen molar-refractivity contribution in [2.75, 3.05) is 7.11 Å². The van der Waals surface area contributed by atoms with Crippen LogP contribution in [0.15, 0.2) is 29.6 Å². The van der Waals surface area contributed by atoms with Crippen molar-refractivity contribution in [3.05, 3.63) is 35.3 Å². The third-order valence-corrected chi connectivity index (χ3v) is 3.62. The Bertz CT molecular complexity index is 461. The number of ether oxygens (including phenoxy) is 1. The lowest BCUT2D eigenvalue weighted by Crippen LogP contribution is -1.85. The molecule has 90 valence electrons. The number of nitrogens with zero attached hydrogens (tertiary/aromatic N) is 1. The van der Waals surface area contributed by atoms with Crippen molar-refractivity contribution in [2.24, 2.45) is 0 Å². The van der Waals surface area contributed by atoms with Crippen LogP contribution < -0.4 is 4.74 Å². The van der Waals surface area contributed by atoms with Crippen molar-refractivity contribution in [2.45, 2.75) is 26.2 Å². The molecule has 3 heteroatoms. The van der Waals surface area contributed by atoms with Gasteiger partial charge in [0.2, 0.25) is 0 Å². The second kappa shape index (κ2) is 5.82. The first-order valence-corrected chi connectivity index (χ1v) is 6.80. The van der Waals surface area contributed by atoms with Gasteiger partial charge in [0.25, 0.3) is 0 Å². The number of unbranched alkanes of at least 4 members (excludes halogenated alkanes) is 1. The maximum absolute atomic E-state index is 5.15. The van der Waals surface area contributed by atoms with E-state index in [-0.39, 0.29) is 0 Å². The molecule has 0 aliphatic carbocycles. The standard InChI is InChI=1S/C14H17NOS/c1-3-4-5-12-10-17-14(15-12)11-6-8-13(16-2)9-7-11/h6-10H,3-5H2,1-2H3. The summed E-state index contributed by atoms with van der Waals surface area (Å²) < 4.78 is 5.15. The van der Waals surface area contributed by atoms with E-state index in [1.807, 2.05) is 12.1 Å². The molecule has 0 saturated heterocycles. The first kappa shape index (κ1) is 12.1. The highest BCUT2D eigenvalue weighted by atomic mass is 32.1. The molecule has 1 heterocycles. The number of aryl methyl sites for hydroxylation is 1. The van der Waals surface area contributed by atoms with E-state index in [0.29, 0.717) is 0 Å². The van der Waals surface area contributed by atoms with E-state index in [9.17, 15) is 0 Å². The summed E-state index contributed by atoms with van der Waals surface area (Å²) in [6.07, 6.45) is 3.52. The van der Waals surface area contributed by atoms with Crippen LogP contribution in [-0.2, 0) is 6.42 Å². The monoisotopic (exact) mass is 247 g/mol. The molecule has 0 saturated carbocycles. The molecule has 2 nitrogen and oxygen atoms in total. The summed E-state index contributed by atoms with van der Waals surface area (Å²) >= 11 is 1.71. The smallest absolute Gasteiger partial charge is 0.123 e. The van der Waals surface area contributed by atoms with E-state index in [4.69, 9.17) is 4.74 Å². The SMILES string of the molecule is CCCCc1csc(-c2ccc(OC)cc2)n1. The second-order valence-electron chi connectivity index (χ2n) is 3.98. The van der Waals surface area contributed by atoms with Crippen molar-refractivity contribution in [3.63, 3.8) is 0 Å². The first-order valence-electron chi connectivity index (χ1n) is 5.92. The minimum Gasteiger partial charge on any atom is -0.497 e. The zero-order valence-electron chi connectivity index (χ0n) is 10.3. The highest BCUT2D eigenvalue weighted by Crippen LogP contribution is 2.26. The van der Waals surface area contributed by atoms with Gasteiger partial charge in [-0.3, -0.25) is 0 Å². The van der Waals surface area contributed by atoms with E-state index in [2.05, 4.69) is 29.4 Å². The van der Waals surface area contributed by atoms with Crippen LogP contribution in [-0.4, -0.2) is 12.1 Å². The number of methoxy groups -OCH3 is 1. The number of hydrogen-bond donors (Lipinski definition) is 0. The van der Waals surface area contributed by atoms with Crippen molar-refractivity contribution in [1.82, 2.24) is 4.98 Å². The van der Waals surface area contributed by atoms with E-state index < -0.39 is 0 Å². The van der Waals surface area contributed by atoms with Crippen LogP contribution in [0.3, 0.4) is 0 Å². The fraction of sp³-hybridized carbons (Fsp3) is 0.357. The second-order valence-corrected chi connectivity index (χ2v) is 4.83. The molecule has 0 spiro atoms. The molecule has 0 radical (unpaired) electrons. The number of hydrogen-bond acceptors (Lipinski definition) is 3. The van der Waals surface area contributed by atoms with Gasteiger partial charge in [-0.15, -0.1) is 11.3 Å². The van der Waals surface area contributed by atoms with Crippen LogP contribution in [0.5, 0.6) is 5.75 Å². The van der Waals surface area contributed by atoms with Crippen LogP contribution >= 0.6 is 11.3 Å². The minimum absolute atomic E-state index is 0.886. The van der Waals surface area contributed by atoms with Gasteiger partial charge in [0.15, 0.2) is 0 Å². The quantitative estimate of drug-likeness (QED) is 0.791. The molecule has 0 aliphatic rings. The highest BCUT2D eigenvalue weighted by Gasteiger charge is 2.04. The maximum Gasteiger partial charge on any atom is 0.123 e. The lowest BCUT2D eigenvalue weighted by Gasteiger charge is -2.00. The Morgan fingerprint density at radius 1 is 1.24 bits per heavy atom. The van der Waals surface area contributed by atoms with Crippen LogP contribution in [0.4, 0.5) is 0 Å². The van der Waals surface area contributed by atoms with E-state index >= 15 is 0 Å². The van der Waals surface area contributed by atoms with E-state index in [0.717, 1.165) is 17.2 Å². The molecule has 1 aromatic carbocycles. The molecular formula is C14H17NOS. The summed E-state index contributed by atoms with van der Waals surface area (Å²) in [5.74, 6) is 0.886. The van der Waals surface area contributed by atoms with Crippen molar-refractivity contribution < 1.29 is 4.74 Å². The van der Waals surface area contributed by atoms with Gasteiger partial charge in [0.05, 0.1) is 12.8 Å². The van der Waals surface area contributed by atoms with Gasteiger partial charge in [0.1, 0.15) is 10.8 Å². The van der Waals surface area contributed by atoms with Gasteiger partial charge in [-0.05, 0) is 37.1 Å². The molecule has 2 rings (SSSR count). The molecular weight excluding hydrogens is 230 g/mol. The Kier molecular flexibility index (Phi) is 4.15. The molecule has 1 aromatic heterocycles. The summed E-state index contributed by atoms with van der Waals surface area (Å²) in [6, 6.07) is 8.06. The van der Waals surface area contributed by atoms with Gasteiger partial charge < -0.3 is 4.74 Å².